The number of halogens is 1. The van der Waals surface area contributed by atoms with Crippen LogP contribution < -0.4 is 5.32 Å². The SMILES string of the molecule is CN=C(NCC1(CS(C)(=O)=O)CC1)N1CCN(Cc2ccon2)CC1.I. The van der Waals surface area contributed by atoms with E-state index in [2.05, 4.69) is 25.3 Å². The van der Waals surface area contributed by atoms with Crippen molar-refractivity contribution in [2.45, 2.75) is 19.4 Å². The van der Waals surface area contributed by atoms with Gasteiger partial charge in [0.05, 0.1) is 11.4 Å². The van der Waals surface area contributed by atoms with E-state index in [0.29, 0.717) is 6.54 Å². The first-order chi connectivity index (χ1) is 11.9. The molecule has 0 bridgehead atoms. The Labute approximate surface area is 172 Å². The number of nitrogens with zero attached hydrogens (tertiary/aromatic N) is 4. The molecule has 0 radical (unpaired) electrons. The minimum Gasteiger partial charge on any atom is -0.364 e. The molecule has 148 valence electrons. The molecule has 0 amide bonds. The zero-order chi connectivity index (χ0) is 17.9. The van der Waals surface area contributed by atoms with Crippen molar-refractivity contribution in [3.63, 3.8) is 0 Å². The molecule has 0 unspecified atom stereocenters. The molecule has 2 heterocycles. The Morgan fingerprint density at radius 2 is 2.04 bits per heavy atom. The van der Waals surface area contributed by atoms with Gasteiger partial charge in [0.25, 0.3) is 0 Å². The van der Waals surface area contributed by atoms with Crippen LogP contribution >= 0.6 is 24.0 Å². The van der Waals surface area contributed by atoms with E-state index < -0.39 is 9.84 Å². The van der Waals surface area contributed by atoms with Crippen LogP contribution in [0, 0.1) is 5.41 Å². The Morgan fingerprint density at radius 1 is 1.35 bits per heavy atom. The van der Waals surface area contributed by atoms with Crippen molar-refractivity contribution in [3.8, 4) is 0 Å². The summed E-state index contributed by atoms with van der Waals surface area (Å²) in [6.45, 7) is 5.11. The third kappa shape index (κ3) is 6.08. The minimum atomic E-state index is -2.94. The molecule has 1 saturated heterocycles. The van der Waals surface area contributed by atoms with Gasteiger partial charge in [0.2, 0.25) is 0 Å². The average Bonchev–Trinajstić information content (AvgIpc) is 3.10. The number of aromatic nitrogens is 1. The van der Waals surface area contributed by atoms with E-state index >= 15 is 0 Å². The number of nitrogens with one attached hydrogen (secondary N) is 1. The van der Waals surface area contributed by atoms with E-state index in [1.807, 2.05) is 6.07 Å². The van der Waals surface area contributed by atoms with Gasteiger partial charge in [0, 0.05) is 64.1 Å². The summed E-state index contributed by atoms with van der Waals surface area (Å²) in [4.78, 5) is 8.95. The van der Waals surface area contributed by atoms with E-state index in [-0.39, 0.29) is 35.1 Å². The van der Waals surface area contributed by atoms with Crippen molar-refractivity contribution in [1.82, 2.24) is 20.3 Å². The predicted molar refractivity (Wildman–Crippen MR) is 112 cm³/mol. The summed E-state index contributed by atoms with van der Waals surface area (Å²) in [7, 11) is -1.17. The largest absolute Gasteiger partial charge is 0.364 e. The molecule has 10 heteroatoms. The van der Waals surface area contributed by atoms with Crippen LogP contribution in [0.2, 0.25) is 0 Å². The van der Waals surface area contributed by atoms with Gasteiger partial charge in [-0.25, -0.2) is 8.42 Å². The van der Waals surface area contributed by atoms with Crippen LogP contribution in [0.15, 0.2) is 21.8 Å². The summed E-state index contributed by atoms with van der Waals surface area (Å²) in [5, 5.41) is 7.35. The Hall–Kier alpha value is -0.880. The summed E-state index contributed by atoms with van der Waals surface area (Å²) >= 11 is 0. The van der Waals surface area contributed by atoms with Crippen LogP contribution in [0.1, 0.15) is 18.5 Å². The van der Waals surface area contributed by atoms with Crippen molar-refractivity contribution < 1.29 is 12.9 Å². The highest BCUT2D eigenvalue weighted by Gasteiger charge is 2.45. The molecule has 1 aliphatic heterocycles. The van der Waals surface area contributed by atoms with E-state index in [0.717, 1.165) is 57.2 Å². The molecule has 0 aromatic carbocycles. The summed E-state index contributed by atoms with van der Waals surface area (Å²) in [6.07, 6.45) is 4.85. The second kappa shape index (κ2) is 8.87. The summed E-state index contributed by atoms with van der Waals surface area (Å²) < 4.78 is 28.0. The van der Waals surface area contributed by atoms with Gasteiger partial charge in [-0.05, 0) is 12.8 Å². The second-order valence-electron chi connectivity index (χ2n) is 7.22. The molecule has 26 heavy (non-hydrogen) atoms. The molecule has 1 N–H and O–H groups in total. The fourth-order valence-corrected chi connectivity index (χ4v) is 4.87. The first-order valence-corrected chi connectivity index (χ1v) is 10.7. The summed E-state index contributed by atoms with van der Waals surface area (Å²) in [6, 6.07) is 1.89. The monoisotopic (exact) mass is 497 g/mol. The Morgan fingerprint density at radius 3 is 2.54 bits per heavy atom. The maximum atomic E-state index is 11.6. The standard InChI is InChI=1S/C16H27N5O3S.HI/c1-17-15(18-12-16(4-5-16)13-25(2,22)23)21-8-6-20(7-9-21)11-14-3-10-24-19-14;/h3,10H,4-9,11-13H2,1-2H3,(H,17,18);1H. The van der Waals surface area contributed by atoms with Crippen molar-refractivity contribution in [1.29, 1.82) is 0 Å². The molecule has 3 rings (SSSR count). The van der Waals surface area contributed by atoms with Crippen molar-refractivity contribution in [2.75, 3.05) is 51.8 Å². The molecule has 1 saturated carbocycles. The first-order valence-electron chi connectivity index (χ1n) is 8.64. The van der Waals surface area contributed by atoms with Gasteiger partial charge >= 0.3 is 0 Å². The molecule has 0 spiro atoms. The van der Waals surface area contributed by atoms with E-state index in [1.165, 1.54) is 6.26 Å². The molecule has 1 aromatic rings. The fourth-order valence-electron chi connectivity index (χ4n) is 3.37. The number of piperazine rings is 1. The van der Waals surface area contributed by atoms with Gasteiger partial charge < -0.3 is 14.7 Å². The Kier molecular flexibility index (Phi) is 7.31. The highest BCUT2D eigenvalue weighted by Crippen LogP contribution is 2.46. The molecule has 1 aliphatic carbocycles. The second-order valence-corrected chi connectivity index (χ2v) is 9.37. The van der Waals surface area contributed by atoms with Crippen LogP contribution in [0.5, 0.6) is 0 Å². The molecular weight excluding hydrogens is 469 g/mol. The van der Waals surface area contributed by atoms with E-state index in [1.54, 1.807) is 13.3 Å². The molecular formula is C16H28IN5O3S. The number of aliphatic imine (C=N–C) groups is 1. The number of hydrogen-bond acceptors (Lipinski definition) is 6. The number of sulfone groups is 1. The van der Waals surface area contributed by atoms with Crippen molar-refractivity contribution in [3.05, 3.63) is 18.0 Å². The lowest BCUT2D eigenvalue weighted by molar-refractivity contribution is 0.168. The van der Waals surface area contributed by atoms with Crippen LogP contribution in [-0.4, -0.2) is 81.1 Å². The maximum absolute atomic E-state index is 11.6. The first kappa shape index (κ1) is 21.4. The van der Waals surface area contributed by atoms with Crippen LogP contribution in [0.4, 0.5) is 0 Å². The van der Waals surface area contributed by atoms with Gasteiger partial charge in [-0.1, -0.05) is 5.16 Å². The highest BCUT2D eigenvalue weighted by molar-refractivity contribution is 14.0. The minimum absolute atomic E-state index is 0. The van der Waals surface area contributed by atoms with E-state index in [9.17, 15) is 8.42 Å². The Balaban J connectivity index is 0.00000243. The molecule has 2 fully saturated rings. The summed E-state index contributed by atoms with van der Waals surface area (Å²) in [5.41, 5.74) is 0.852. The number of rotatable bonds is 6. The van der Waals surface area contributed by atoms with Crippen molar-refractivity contribution >= 4 is 39.8 Å². The number of guanidine groups is 1. The third-order valence-electron chi connectivity index (χ3n) is 4.91. The maximum Gasteiger partial charge on any atom is 0.193 e. The third-order valence-corrected chi connectivity index (χ3v) is 6.04. The zero-order valence-electron chi connectivity index (χ0n) is 15.3. The van der Waals surface area contributed by atoms with Gasteiger partial charge in [-0.2, -0.15) is 0 Å². The van der Waals surface area contributed by atoms with Crippen LogP contribution in [0.25, 0.3) is 0 Å². The average molecular weight is 497 g/mol. The highest BCUT2D eigenvalue weighted by atomic mass is 127. The Bertz CT molecular complexity index is 695. The fraction of sp³-hybridized carbons (Fsp3) is 0.750. The van der Waals surface area contributed by atoms with E-state index in [4.69, 9.17) is 4.52 Å². The topological polar surface area (TPSA) is 91.0 Å². The smallest absolute Gasteiger partial charge is 0.193 e. The molecule has 2 aliphatic rings. The lowest BCUT2D eigenvalue weighted by Crippen LogP contribution is -2.53. The molecule has 8 nitrogen and oxygen atoms in total. The zero-order valence-corrected chi connectivity index (χ0v) is 18.5. The van der Waals surface area contributed by atoms with Crippen molar-refractivity contribution in [2.24, 2.45) is 10.4 Å². The van der Waals surface area contributed by atoms with Gasteiger partial charge in [0.1, 0.15) is 16.1 Å². The lowest BCUT2D eigenvalue weighted by Gasteiger charge is -2.36. The quantitative estimate of drug-likeness (QED) is 0.354. The molecule has 0 atom stereocenters. The predicted octanol–water partition coefficient (Wildman–Crippen LogP) is 0.810. The van der Waals surface area contributed by atoms with Gasteiger partial charge in [-0.15, -0.1) is 24.0 Å². The summed E-state index contributed by atoms with van der Waals surface area (Å²) in [5.74, 6) is 1.12. The lowest BCUT2D eigenvalue weighted by atomic mass is 10.1. The normalized spacial score (nSPS) is 20.5. The molecule has 1 aromatic heterocycles. The van der Waals surface area contributed by atoms with Crippen LogP contribution in [-0.2, 0) is 16.4 Å². The van der Waals surface area contributed by atoms with Gasteiger partial charge in [0.15, 0.2) is 5.96 Å². The number of hydrogen-bond donors (Lipinski definition) is 1. The van der Waals surface area contributed by atoms with Gasteiger partial charge in [-0.3, -0.25) is 9.89 Å². The van der Waals surface area contributed by atoms with Crippen LogP contribution in [0.3, 0.4) is 0 Å².